The summed E-state index contributed by atoms with van der Waals surface area (Å²) in [6.07, 6.45) is 1.53. The Kier molecular flexibility index (Phi) is 4.64. The lowest BCUT2D eigenvalue weighted by Crippen LogP contribution is -2.16. The van der Waals surface area contributed by atoms with Crippen molar-refractivity contribution in [3.05, 3.63) is 53.1 Å². The van der Waals surface area contributed by atoms with E-state index in [-0.39, 0.29) is 18.2 Å². The molecule has 21 heavy (non-hydrogen) atoms. The summed E-state index contributed by atoms with van der Waals surface area (Å²) in [6, 6.07) is 7.01. The van der Waals surface area contributed by atoms with Gasteiger partial charge in [0.1, 0.15) is 12.3 Å². The highest BCUT2D eigenvalue weighted by Gasteiger charge is 2.13. The van der Waals surface area contributed by atoms with Gasteiger partial charge in [0.05, 0.1) is 16.9 Å². The zero-order valence-electron chi connectivity index (χ0n) is 11.8. The number of pyridine rings is 2. The van der Waals surface area contributed by atoms with Gasteiger partial charge in [-0.1, -0.05) is 11.8 Å². The molecule has 1 amide bonds. The summed E-state index contributed by atoms with van der Waals surface area (Å²) in [7, 11) is 0. The molecular weight excluding hydrogens is 266 g/mol. The maximum atomic E-state index is 12.3. The van der Waals surface area contributed by atoms with Crippen LogP contribution in [0.2, 0.25) is 0 Å². The highest BCUT2D eigenvalue weighted by atomic mass is 16.2. The van der Waals surface area contributed by atoms with Gasteiger partial charge in [-0.15, -0.1) is 0 Å². The zero-order chi connectivity index (χ0) is 15.2. The van der Waals surface area contributed by atoms with E-state index in [0.717, 1.165) is 11.4 Å². The zero-order valence-corrected chi connectivity index (χ0v) is 11.8. The minimum Gasteiger partial charge on any atom is -0.384 e. The minimum absolute atomic E-state index is 0.221. The number of anilines is 1. The molecule has 0 aliphatic rings. The summed E-state index contributed by atoms with van der Waals surface area (Å²) in [4.78, 5) is 20.7. The summed E-state index contributed by atoms with van der Waals surface area (Å²) in [6.45, 7) is 3.45. The number of amides is 1. The second kappa shape index (κ2) is 6.64. The Balaban J connectivity index is 2.28. The van der Waals surface area contributed by atoms with Crippen molar-refractivity contribution >= 4 is 11.6 Å². The maximum Gasteiger partial charge on any atom is 0.275 e. The van der Waals surface area contributed by atoms with E-state index in [4.69, 9.17) is 5.11 Å². The molecule has 5 nitrogen and oxygen atoms in total. The molecule has 0 aromatic carbocycles. The first-order chi connectivity index (χ1) is 10.1. The van der Waals surface area contributed by atoms with Crippen LogP contribution >= 0.6 is 0 Å². The first-order valence-electron chi connectivity index (χ1n) is 6.42. The van der Waals surface area contributed by atoms with Gasteiger partial charge in [-0.2, -0.15) is 0 Å². The van der Waals surface area contributed by atoms with E-state index in [2.05, 4.69) is 27.1 Å². The average molecular weight is 281 g/mol. The number of hydrogen-bond donors (Lipinski definition) is 2. The molecule has 5 heteroatoms. The second-order valence-electron chi connectivity index (χ2n) is 4.40. The Labute approximate surface area is 123 Å². The van der Waals surface area contributed by atoms with Crippen molar-refractivity contribution in [1.82, 2.24) is 9.97 Å². The first kappa shape index (κ1) is 14.7. The van der Waals surface area contributed by atoms with Crippen LogP contribution in [0.5, 0.6) is 0 Å². The van der Waals surface area contributed by atoms with Gasteiger partial charge in [0.15, 0.2) is 0 Å². The van der Waals surface area contributed by atoms with E-state index >= 15 is 0 Å². The van der Waals surface area contributed by atoms with Crippen LogP contribution in [0.3, 0.4) is 0 Å². The highest BCUT2D eigenvalue weighted by Crippen LogP contribution is 2.14. The molecule has 0 aliphatic carbocycles. The third-order valence-electron chi connectivity index (χ3n) is 2.80. The normalized spacial score (nSPS) is 9.67. The molecule has 0 radical (unpaired) electrons. The van der Waals surface area contributed by atoms with E-state index in [9.17, 15) is 4.79 Å². The number of aliphatic hydroxyl groups excluding tert-OH is 1. The fourth-order valence-electron chi connectivity index (χ4n) is 1.82. The number of aryl methyl sites for hydroxylation is 2. The summed E-state index contributed by atoms with van der Waals surface area (Å²) < 4.78 is 0. The number of aromatic nitrogens is 2. The van der Waals surface area contributed by atoms with Gasteiger partial charge in [-0.25, -0.2) is 4.98 Å². The van der Waals surface area contributed by atoms with Gasteiger partial charge in [-0.3, -0.25) is 9.78 Å². The number of nitrogens with one attached hydrogen (secondary N) is 1. The van der Waals surface area contributed by atoms with Crippen LogP contribution in [-0.2, 0) is 0 Å². The highest BCUT2D eigenvalue weighted by molar-refractivity contribution is 6.04. The van der Waals surface area contributed by atoms with Crippen molar-refractivity contribution in [1.29, 1.82) is 0 Å². The lowest BCUT2D eigenvalue weighted by Gasteiger charge is -2.08. The standard InChI is InChI=1S/C16H15N3O2/c1-11-7-8-14(12(2)18-11)19-16(21)15-13(6-4-10-20)5-3-9-17-15/h3,5,7-9,20H,10H2,1-2H3,(H,19,21). The molecule has 0 spiro atoms. The quantitative estimate of drug-likeness (QED) is 0.821. The number of aliphatic hydroxyl groups is 1. The molecule has 0 saturated heterocycles. The second-order valence-corrected chi connectivity index (χ2v) is 4.40. The van der Waals surface area contributed by atoms with E-state index in [0.29, 0.717) is 11.3 Å². The molecule has 2 N–H and O–H groups in total. The fraction of sp³-hybridized carbons (Fsp3) is 0.188. The van der Waals surface area contributed by atoms with Crippen molar-refractivity contribution in [2.75, 3.05) is 11.9 Å². The van der Waals surface area contributed by atoms with Crippen LogP contribution in [-0.4, -0.2) is 27.6 Å². The Hall–Kier alpha value is -2.71. The predicted molar refractivity (Wildman–Crippen MR) is 79.9 cm³/mol. The molecule has 0 aliphatic heterocycles. The molecule has 0 unspecified atom stereocenters. The molecule has 0 bridgehead atoms. The van der Waals surface area contributed by atoms with Gasteiger partial charge < -0.3 is 10.4 Å². The smallest absolute Gasteiger partial charge is 0.275 e. The fourth-order valence-corrected chi connectivity index (χ4v) is 1.82. The summed E-state index contributed by atoms with van der Waals surface area (Å²) in [5.41, 5.74) is 2.96. The topological polar surface area (TPSA) is 75.1 Å². The Morgan fingerprint density at radius 2 is 2.14 bits per heavy atom. The molecule has 2 aromatic rings. The van der Waals surface area contributed by atoms with Gasteiger partial charge in [-0.05, 0) is 38.1 Å². The lowest BCUT2D eigenvalue weighted by molar-refractivity contribution is 0.102. The molecule has 106 valence electrons. The largest absolute Gasteiger partial charge is 0.384 e. The number of hydrogen-bond acceptors (Lipinski definition) is 4. The van der Waals surface area contributed by atoms with Gasteiger partial charge in [0.25, 0.3) is 5.91 Å². The van der Waals surface area contributed by atoms with Crippen LogP contribution in [0.1, 0.15) is 27.4 Å². The van der Waals surface area contributed by atoms with Crippen LogP contribution < -0.4 is 5.32 Å². The third kappa shape index (κ3) is 3.65. The maximum absolute atomic E-state index is 12.3. The van der Waals surface area contributed by atoms with Crippen molar-refractivity contribution in [2.45, 2.75) is 13.8 Å². The van der Waals surface area contributed by atoms with E-state index in [1.54, 1.807) is 18.2 Å². The summed E-state index contributed by atoms with van der Waals surface area (Å²) >= 11 is 0. The predicted octanol–water partition coefficient (Wildman–Crippen LogP) is 1.69. The molecule has 2 rings (SSSR count). The number of nitrogens with zero attached hydrogens (tertiary/aromatic N) is 2. The van der Waals surface area contributed by atoms with E-state index in [1.807, 2.05) is 19.9 Å². The monoisotopic (exact) mass is 281 g/mol. The lowest BCUT2D eigenvalue weighted by atomic mass is 10.2. The molecule has 2 aromatic heterocycles. The Bertz CT molecular complexity index is 730. The first-order valence-corrected chi connectivity index (χ1v) is 6.42. The van der Waals surface area contributed by atoms with Crippen molar-refractivity contribution < 1.29 is 9.90 Å². The van der Waals surface area contributed by atoms with Crippen LogP contribution in [0.25, 0.3) is 0 Å². The number of carbonyl (C=O) groups is 1. The van der Waals surface area contributed by atoms with Gasteiger partial charge in [0.2, 0.25) is 0 Å². The van der Waals surface area contributed by atoms with E-state index < -0.39 is 0 Å². The third-order valence-corrected chi connectivity index (χ3v) is 2.80. The van der Waals surface area contributed by atoms with Crippen LogP contribution in [0.15, 0.2) is 30.5 Å². The van der Waals surface area contributed by atoms with E-state index in [1.165, 1.54) is 6.20 Å². The van der Waals surface area contributed by atoms with Crippen molar-refractivity contribution in [2.24, 2.45) is 0 Å². The Morgan fingerprint density at radius 3 is 2.86 bits per heavy atom. The molecule has 2 heterocycles. The molecular formula is C16H15N3O2. The summed E-state index contributed by atoms with van der Waals surface area (Å²) in [5.74, 6) is 4.88. The average Bonchev–Trinajstić information content (AvgIpc) is 2.48. The van der Waals surface area contributed by atoms with Crippen LogP contribution in [0.4, 0.5) is 5.69 Å². The SMILES string of the molecule is Cc1ccc(NC(=O)c2ncccc2C#CCO)c(C)n1. The molecule has 0 atom stereocenters. The number of carbonyl (C=O) groups excluding carboxylic acids is 1. The van der Waals surface area contributed by atoms with Gasteiger partial charge >= 0.3 is 0 Å². The summed E-state index contributed by atoms with van der Waals surface area (Å²) in [5, 5.41) is 11.5. The minimum atomic E-state index is -0.355. The van der Waals surface area contributed by atoms with Gasteiger partial charge in [0, 0.05) is 11.9 Å². The van der Waals surface area contributed by atoms with Crippen molar-refractivity contribution in [3.63, 3.8) is 0 Å². The Morgan fingerprint density at radius 1 is 1.33 bits per heavy atom. The molecule has 0 saturated carbocycles. The number of rotatable bonds is 2. The van der Waals surface area contributed by atoms with Crippen LogP contribution in [0, 0.1) is 25.7 Å². The van der Waals surface area contributed by atoms with Crippen molar-refractivity contribution in [3.8, 4) is 11.8 Å². The molecule has 0 fully saturated rings.